The van der Waals surface area contributed by atoms with Gasteiger partial charge in [0.15, 0.2) is 0 Å². The quantitative estimate of drug-likeness (QED) is 0.726. The number of nitrogens with zero attached hydrogens (tertiary/aromatic N) is 2. The van der Waals surface area contributed by atoms with E-state index in [1.165, 1.54) is 0 Å². The monoisotopic (exact) mass is 230 g/mol. The van der Waals surface area contributed by atoms with E-state index < -0.39 is 0 Å². The Morgan fingerprint density at radius 2 is 2.07 bits per heavy atom. The van der Waals surface area contributed by atoms with Gasteiger partial charge in [-0.3, -0.25) is 0 Å². The highest BCUT2D eigenvalue weighted by molar-refractivity contribution is 6.29. The van der Waals surface area contributed by atoms with Gasteiger partial charge < -0.3 is 9.47 Å². The second-order valence-electron chi connectivity index (χ2n) is 3.33. The Balaban J connectivity index is 2.87. The van der Waals surface area contributed by atoms with E-state index in [0.717, 1.165) is 5.69 Å². The first kappa shape index (κ1) is 12.4. The molecule has 1 heterocycles. The first-order valence-corrected chi connectivity index (χ1v) is 5.06. The van der Waals surface area contributed by atoms with Crippen molar-refractivity contribution in [1.82, 2.24) is 9.97 Å². The highest BCUT2D eigenvalue weighted by Crippen LogP contribution is 2.15. The largest absolute Gasteiger partial charge is 0.384 e. The second kappa shape index (κ2) is 6.00. The maximum atomic E-state index is 5.88. The molecule has 1 aromatic rings. The summed E-state index contributed by atoms with van der Waals surface area (Å²) in [7, 11) is 3.27. The molecule has 0 saturated heterocycles. The molecule has 15 heavy (non-hydrogen) atoms. The molecule has 1 rings (SSSR count). The van der Waals surface area contributed by atoms with Crippen molar-refractivity contribution in [3.8, 4) is 0 Å². The van der Waals surface area contributed by atoms with Crippen LogP contribution in [-0.2, 0) is 16.1 Å². The van der Waals surface area contributed by atoms with Crippen LogP contribution >= 0.6 is 11.6 Å². The maximum Gasteiger partial charge on any atom is 0.135 e. The van der Waals surface area contributed by atoms with E-state index in [9.17, 15) is 0 Å². The minimum absolute atomic E-state index is 0.129. The predicted octanol–water partition coefficient (Wildman–Crippen LogP) is 2.03. The highest BCUT2D eigenvalue weighted by atomic mass is 35.5. The zero-order valence-corrected chi connectivity index (χ0v) is 9.91. The van der Waals surface area contributed by atoms with Crippen LogP contribution in [0.15, 0.2) is 6.07 Å². The standard InChI is InChI=1S/C10H15ClN2O2/c1-7(5-14-2)10-12-8(6-15-3)4-9(11)13-10/h4,7H,5-6H2,1-3H3. The number of halogens is 1. The zero-order valence-electron chi connectivity index (χ0n) is 9.16. The third-order valence-electron chi connectivity index (χ3n) is 1.91. The lowest BCUT2D eigenvalue weighted by molar-refractivity contribution is 0.176. The fraction of sp³-hybridized carbons (Fsp3) is 0.600. The fourth-order valence-electron chi connectivity index (χ4n) is 1.25. The molecule has 4 nitrogen and oxygen atoms in total. The lowest BCUT2D eigenvalue weighted by atomic mass is 10.2. The fourth-order valence-corrected chi connectivity index (χ4v) is 1.46. The molecule has 1 atom stereocenters. The van der Waals surface area contributed by atoms with Crippen molar-refractivity contribution in [2.45, 2.75) is 19.4 Å². The minimum atomic E-state index is 0.129. The predicted molar refractivity (Wildman–Crippen MR) is 58.0 cm³/mol. The van der Waals surface area contributed by atoms with Gasteiger partial charge in [-0.25, -0.2) is 9.97 Å². The Kier molecular flexibility index (Phi) is 4.94. The van der Waals surface area contributed by atoms with Gasteiger partial charge in [-0.1, -0.05) is 18.5 Å². The van der Waals surface area contributed by atoms with Crippen LogP contribution in [0.3, 0.4) is 0 Å². The summed E-state index contributed by atoms with van der Waals surface area (Å²) in [5, 5.41) is 0.440. The van der Waals surface area contributed by atoms with Gasteiger partial charge in [0, 0.05) is 20.1 Å². The van der Waals surface area contributed by atoms with Crippen LogP contribution in [0.2, 0.25) is 5.15 Å². The number of hydrogen-bond acceptors (Lipinski definition) is 4. The zero-order chi connectivity index (χ0) is 11.3. The molecular weight excluding hydrogens is 216 g/mol. The third kappa shape index (κ3) is 3.74. The summed E-state index contributed by atoms with van der Waals surface area (Å²) in [5.41, 5.74) is 0.787. The Morgan fingerprint density at radius 1 is 1.33 bits per heavy atom. The molecule has 0 aliphatic carbocycles. The van der Waals surface area contributed by atoms with E-state index in [-0.39, 0.29) is 5.92 Å². The van der Waals surface area contributed by atoms with Gasteiger partial charge in [0.2, 0.25) is 0 Å². The number of ether oxygens (including phenoxy) is 2. The highest BCUT2D eigenvalue weighted by Gasteiger charge is 2.10. The van der Waals surface area contributed by atoms with E-state index in [0.29, 0.717) is 24.2 Å². The summed E-state index contributed by atoms with van der Waals surface area (Å²) in [6, 6.07) is 1.70. The van der Waals surface area contributed by atoms with Crippen LogP contribution in [0, 0.1) is 0 Å². The van der Waals surface area contributed by atoms with E-state index in [4.69, 9.17) is 21.1 Å². The molecule has 0 radical (unpaired) electrons. The lowest BCUT2D eigenvalue weighted by Gasteiger charge is -2.10. The summed E-state index contributed by atoms with van der Waals surface area (Å²) >= 11 is 5.88. The van der Waals surface area contributed by atoms with Gasteiger partial charge in [0.1, 0.15) is 11.0 Å². The van der Waals surface area contributed by atoms with Crippen molar-refractivity contribution in [3.63, 3.8) is 0 Å². The van der Waals surface area contributed by atoms with Gasteiger partial charge in [0.25, 0.3) is 0 Å². The molecule has 0 aliphatic heterocycles. The summed E-state index contributed by atoms with van der Waals surface area (Å²) < 4.78 is 10.0. The summed E-state index contributed by atoms with van der Waals surface area (Å²) in [4.78, 5) is 8.49. The molecule has 1 aromatic heterocycles. The van der Waals surface area contributed by atoms with Gasteiger partial charge in [-0.15, -0.1) is 0 Å². The topological polar surface area (TPSA) is 44.2 Å². The molecule has 5 heteroatoms. The molecule has 0 fully saturated rings. The Hall–Kier alpha value is -0.710. The molecule has 0 bridgehead atoms. The molecule has 0 amide bonds. The van der Waals surface area contributed by atoms with Gasteiger partial charge in [-0.05, 0) is 6.07 Å². The summed E-state index contributed by atoms with van der Waals surface area (Å²) in [5.74, 6) is 0.820. The van der Waals surface area contributed by atoms with Gasteiger partial charge >= 0.3 is 0 Å². The summed E-state index contributed by atoms with van der Waals surface area (Å²) in [6.45, 7) is 3.01. The molecule has 0 spiro atoms. The van der Waals surface area contributed by atoms with E-state index in [2.05, 4.69) is 9.97 Å². The Bertz CT molecular complexity index is 320. The molecule has 1 unspecified atom stereocenters. The molecule has 0 aliphatic rings. The number of aromatic nitrogens is 2. The second-order valence-corrected chi connectivity index (χ2v) is 3.72. The number of hydrogen-bond donors (Lipinski definition) is 0. The van der Waals surface area contributed by atoms with Crippen LogP contribution < -0.4 is 0 Å². The van der Waals surface area contributed by atoms with E-state index >= 15 is 0 Å². The Labute approximate surface area is 94.6 Å². The van der Waals surface area contributed by atoms with Crippen molar-refractivity contribution < 1.29 is 9.47 Å². The van der Waals surface area contributed by atoms with Crippen LogP contribution in [0.4, 0.5) is 0 Å². The van der Waals surface area contributed by atoms with Crippen molar-refractivity contribution >= 4 is 11.6 Å². The average molecular weight is 231 g/mol. The van der Waals surface area contributed by atoms with Crippen molar-refractivity contribution in [2.24, 2.45) is 0 Å². The SMILES string of the molecule is COCc1cc(Cl)nc(C(C)COC)n1. The third-order valence-corrected chi connectivity index (χ3v) is 2.11. The minimum Gasteiger partial charge on any atom is -0.384 e. The summed E-state index contributed by atoms with van der Waals surface area (Å²) in [6.07, 6.45) is 0. The molecule has 0 aromatic carbocycles. The molecular formula is C10H15ClN2O2. The smallest absolute Gasteiger partial charge is 0.135 e. The maximum absolute atomic E-state index is 5.88. The number of methoxy groups -OCH3 is 2. The Morgan fingerprint density at radius 3 is 2.67 bits per heavy atom. The van der Waals surface area contributed by atoms with E-state index in [1.807, 2.05) is 6.92 Å². The van der Waals surface area contributed by atoms with Crippen LogP contribution in [0.25, 0.3) is 0 Å². The average Bonchev–Trinajstić information content (AvgIpc) is 2.17. The number of rotatable bonds is 5. The van der Waals surface area contributed by atoms with Crippen molar-refractivity contribution in [2.75, 3.05) is 20.8 Å². The first-order valence-electron chi connectivity index (χ1n) is 4.68. The van der Waals surface area contributed by atoms with Crippen LogP contribution in [-0.4, -0.2) is 30.8 Å². The van der Waals surface area contributed by atoms with E-state index in [1.54, 1.807) is 20.3 Å². The first-order chi connectivity index (χ1) is 7.17. The molecule has 84 valence electrons. The van der Waals surface area contributed by atoms with Crippen LogP contribution in [0.5, 0.6) is 0 Å². The lowest BCUT2D eigenvalue weighted by Crippen LogP contribution is -2.09. The van der Waals surface area contributed by atoms with Gasteiger partial charge in [-0.2, -0.15) is 0 Å². The molecule has 0 saturated carbocycles. The van der Waals surface area contributed by atoms with Crippen LogP contribution in [0.1, 0.15) is 24.4 Å². The van der Waals surface area contributed by atoms with Crippen molar-refractivity contribution in [3.05, 3.63) is 22.7 Å². The van der Waals surface area contributed by atoms with Crippen molar-refractivity contribution in [1.29, 1.82) is 0 Å². The van der Waals surface area contributed by atoms with Gasteiger partial charge in [0.05, 0.1) is 18.9 Å². The normalized spacial score (nSPS) is 12.8. The molecule has 0 N–H and O–H groups in total.